The summed E-state index contributed by atoms with van der Waals surface area (Å²) in [5, 5.41) is 9.52. The molecule has 0 aliphatic carbocycles. The molecular formula is C20H20FN5O2. The molecule has 28 heavy (non-hydrogen) atoms. The van der Waals surface area contributed by atoms with Gasteiger partial charge >= 0.3 is 0 Å². The van der Waals surface area contributed by atoms with E-state index in [1.165, 1.54) is 29.5 Å². The molecule has 1 aromatic heterocycles. The number of amides is 2. The molecule has 0 aliphatic heterocycles. The number of rotatable bonds is 7. The molecule has 144 valence electrons. The fraction of sp³-hybridized carbons (Fsp3) is 0.200. The Balaban J connectivity index is 1.49. The van der Waals surface area contributed by atoms with E-state index in [-0.39, 0.29) is 24.1 Å². The first kappa shape index (κ1) is 19.2. The molecular weight excluding hydrogens is 361 g/mol. The molecule has 0 aliphatic rings. The summed E-state index contributed by atoms with van der Waals surface area (Å²) in [7, 11) is 0. The first-order valence-corrected chi connectivity index (χ1v) is 8.80. The highest BCUT2D eigenvalue weighted by atomic mass is 19.1. The van der Waals surface area contributed by atoms with E-state index < -0.39 is 6.04 Å². The van der Waals surface area contributed by atoms with Gasteiger partial charge in [0.05, 0.1) is 0 Å². The monoisotopic (exact) mass is 381 g/mol. The smallest absolute Gasteiger partial charge is 0.249 e. The van der Waals surface area contributed by atoms with Crippen LogP contribution in [0.25, 0.3) is 0 Å². The average molecular weight is 381 g/mol. The predicted octanol–water partition coefficient (Wildman–Crippen LogP) is 3.19. The number of hydrogen-bond donors (Lipinski definition) is 2. The van der Waals surface area contributed by atoms with Crippen LogP contribution in [0.3, 0.4) is 0 Å². The van der Waals surface area contributed by atoms with E-state index in [0.717, 1.165) is 5.56 Å². The van der Waals surface area contributed by atoms with Gasteiger partial charge in [-0.3, -0.25) is 9.59 Å². The van der Waals surface area contributed by atoms with Crippen molar-refractivity contribution in [3.63, 3.8) is 0 Å². The quantitative estimate of drug-likeness (QED) is 0.658. The van der Waals surface area contributed by atoms with Crippen LogP contribution in [0, 0.1) is 5.82 Å². The minimum Gasteiger partial charge on any atom is -0.326 e. The summed E-state index contributed by atoms with van der Waals surface area (Å²) in [5.74, 6) is -0.702. The number of halogens is 1. The second-order valence-corrected chi connectivity index (χ2v) is 6.30. The molecule has 1 unspecified atom stereocenters. The van der Waals surface area contributed by atoms with Gasteiger partial charge in [0.1, 0.15) is 24.5 Å². The number of carbonyl (C=O) groups excluding carboxylic acids is 2. The number of aromatic nitrogens is 3. The molecule has 0 fully saturated rings. The molecule has 1 heterocycles. The Bertz CT molecular complexity index is 941. The Morgan fingerprint density at radius 2 is 1.82 bits per heavy atom. The van der Waals surface area contributed by atoms with E-state index in [1.54, 1.807) is 43.3 Å². The van der Waals surface area contributed by atoms with Crippen LogP contribution in [0.15, 0.2) is 61.2 Å². The van der Waals surface area contributed by atoms with Crippen LogP contribution in [0.1, 0.15) is 24.9 Å². The van der Waals surface area contributed by atoms with Gasteiger partial charge in [-0.05, 0) is 55.3 Å². The third-order valence-electron chi connectivity index (χ3n) is 4.18. The summed E-state index contributed by atoms with van der Waals surface area (Å²) in [6.07, 6.45) is 3.55. The van der Waals surface area contributed by atoms with Crippen LogP contribution in [0.4, 0.5) is 15.8 Å². The Kier molecular flexibility index (Phi) is 6.11. The fourth-order valence-electron chi connectivity index (χ4n) is 2.59. The van der Waals surface area contributed by atoms with Gasteiger partial charge in [0.25, 0.3) is 0 Å². The summed E-state index contributed by atoms with van der Waals surface area (Å²) in [6.45, 7) is 1.72. The van der Waals surface area contributed by atoms with E-state index in [1.807, 2.05) is 0 Å². The second kappa shape index (κ2) is 8.90. The first-order valence-electron chi connectivity index (χ1n) is 8.80. The zero-order valence-electron chi connectivity index (χ0n) is 15.3. The van der Waals surface area contributed by atoms with Gasteiger partial charge in [-0.1, -0.05) is 12.1 Å². The van der Waals surface area contributed by atoms with Crippen molar-refractivity contribution >= 4 is 23.2 Å². The second-order valence-electron chi connectivity index (χ2n) is 6.30. The number of carbonyl (C=O) groups is 2. The number of hydrogen-bond acceptors (Lipinski definition) is 4. The molecule has 3 rings (SSSR count). The normalized spacial score (nSPS) is 11.6. The van der Waals surface area contributed by atoms with Crippen LogP contribution in [0.5, 0.6) is 0 Å². The predicted molar refractivity (Wildman–Crippen MR) is 103 cm³/mol. The fourth-order valence-corrected chi connectivity index (χ4v) is 2.59. The molecule has 3 aromatic rings. The lowest BCUT2D eigenvalue weighted by molar-refractivity contribution is -0.119. The van der Waals surface area contributed by atoms with Crippen molar-refractivity contribution in [2.75, 3.05) is 10.6 Å². The van der Waals surface area contributed by atoms with Crippen LogP contribution in [-0.4, -0.2) is 26.6 Å². The summed E-state index contributed by atoms with van der Waals surface area (Å²) in [5.41, 5.74) is 2.00. The molecule has 0 bridgehead atoms. The summed E-state index contributed by atoms with van der Waals surface area (Å²) in [6, 6.07) is 12.5. The molecule has 8 heteroatoms. The SMILES string of the molecule is CC(C(=O)Nc1ccc(NC(=O)CCc2cccc(F)c2)cc1)n1cncn1. The Morgan fingerprint density at radius 3 is 2.46 bits per heavy atom. The van der Waals surface area contributed by atoms with E-state index in [2.05, 4.69) is 20.7 Å². The van der Waals surface area contributed by atoms with Crippen molar-refractivity contribution in [2.45, 2.75) is 25.8 Å². The molecule has 0 radical (unpaired) electrons. The largest absolute Gasteiger partial charge is 0.326 e. The zero-order valence-corrected chi connectivity index (χ0v) is 15.3. The minimum absolute atomic E-state index is 0.166. The zero-order chi connectivity index (χ0) is 19.9. The Labute approximate surface area is 161 Å². The van der Waals surface area contributed by atoms with Crippen molar-refractivity contribution < 1.29 is 14.0 Å². The lowest BCUT2D eigenvalue weighted by Gasteiger charge is -2.12. The number of benzene rings is 2. The number of nitrogens with one attached hydrogen (secondary N) is 2. The Morgan fingerprint density at radius 1 is 1.11 bits per heavy atom. The molecule has 2 amide bonds. The molecule has 7 nitrogen and oxygen atoms in total. The van der Waals surface area contributed by atoms with Gasteiger partial charge in [0.15, 0.2) is 0 Å². The molecule has 0 spiro atoms. The van der Waals surface area contributed by atoms with Gasteiger partial charge in [0.2, 0.25) is 11.8 Å². The number of anilines is 2. The van der Waals surface area contributed by atoms with Gasteiger partial charge < -0.3 is 10.6 Å². The highest BCUT2D eigenvalue weighted by Crippen LogP contribution is 2.16. The lowest BCUT2D eigenvalue weighted by atomic mass is 10.1. The van der Waals surface area contributed by atoms with Crippen LogP contribution < -0.4 is 10.6 Å². The standard InChI is InChI=1S/C20H20FN5O2/c1-14(26-13-22-12-23-26)20(28)25-18-8-6-17(7-9-18)24-19(27)10-5-15-3-2-4-16(21)11-15/h2-4,6-9,11-14H,5,10H2,1H3,(H,24,27)(H,25,28). The van der Waals surface area contributed by atoms with Gasteiger partial charge in [-0.2, -0.15) is 5.10 Å². The van der Waals surface area contributed by atoms with Crippen molar-refractivity contribution in [1.82, 2.24) is 14.8 Å². The first-order chi connectivity index (χ1) is 13.5. The average Bonchev–Trinajstić information content (AvgIpc) is 3.22. The van der Waals surface area contributed by atoms with Crippen molar-refractivity contribution in [3.8, 4) is 0 Å². The molecule has 0 saturated carbocycles. The molecule has 2 N–H and O–H groups in total. The maximum atomic E-state index is 13.2. The highest BCUT2D eigenvalue weighted by molar-refractivity contribution is 5.94. The summed E-state index contributed by atoms with van der Waals surface area (Å²) in [4.78, 5) is 28.1. The van der Waals surface area contributed by atoms with E-state index in [4.69, 9.17) is 0 Å². The minimum atomic E-state index is -0.496. The van der Waals surface area contributed by atoms with E-state index in [9.17, 15) is 14.0 Å². The number of aryl methyl sites for hydroxylation is 1. The van der Waals surface area contributed by atoms with Crippen molar-refractivity contribution in [2.24, 2.45) is 0 Å². The van der Waals surface area contributed by atoms with Crippen LogP contribution in [0.2, 0.25) is 0 Å². The molecule has 1 atom stereocenters. The molecule has 0 saturated heterocycles. The van der Waals surface area contributed by atoms with Gasteiger partial charge in [-0.15, -0.1) is 0 Å². The van der Waals surface area contributed by atoms with Gasteiger partial charge in [-0.25, -0.2) is 14.1 Å². The summed E-state index contributed by atoms with van der Waals surface area (Å²) >= 11 is 0. The van der Waals surface area contributed by atoms with E-state index in [0.29, 0.717) is 17.8 Å². The number of nitrogens with zero attached hydrogens (tertiary/aromatic N) is 3. The highest BCUT2D eigenvalue weighted by Gasteiger charge is 2.15. The topological polar surface area (TPSA) is 88.9 Å². The third-order valence-corrected chi connectivity index (χ3v) is 4.18. The van der Waals surface area contributed by atoms with Gasteiger partial charge in [0, 0.05) is 17.8 Å². The molecule has 2 aromatic carbocycles. The van der Waals surface area contributed by atoms with E-state index >= 15 is 0 Å². The third kappa shape index (κ3) is 5.23. The maximum Gasteiger partial charge on any atom is 0.249 e. The Hall–Kier alpha value is -3.55. The van der Waals surface area contributed by atoms with Crippen LogP contribution >= 0.6 is 0 Å². The lowest BCUT2D eigenvalue weighted by Crippen LogP contribution is -2.24. The van der Waals surface area contributed by atoms with Crippen molar-refractivity contribution in [3.05, 3.63) is 72.6 Å². The summed E-state index contributed by atoms with van der Waals surface area (Å²) < 4.78 is 14.6. The van der Waals surface area contributed by atoms with Crippen molar-refractivity contribution in [1.29, 1.82) is 0 Å². The van der Waals surface area contributed by atoms with Crippen LogP contribution in [-0.2, 0) is 16.0 Å². The maximum absolute atomic E-state index is 13.2.